The lowest BCUT2D eigenvalue weighted by Gasteiger charge is -2.26. The van der Waals surface area contributed by atoms with Crippen LogP contribution in [0.2, 0.25) is 0 Å². The van der Waals surface area contributed by atoms with Crippen molar-refractivity contribution in [2.24, 2.45) is 5.73 Å². The summed E-state index contributed by atoms with van der Waals surface area (Å²) >= 11 is 8.70. The highest BCUT2D eigenvalue weighted by Crippen LogP contribution is 2.32. The Bertz CT molecular complexity index is 584. The number of hydrogen-bond donors (Lipinski definition) is 1. The molecule has 98 valence electrons. The van der Waals surface area contributed by atoms with Crippen molar-refractivity contribution in [3.05, 3.63) is 58.6 Å². The molecule has 2 aromatic rings. The Morgan fingerprint density at radius 1 is 1.16 bits per heavy atom. The van der Waals surface area contributed by atoms with Gasteiger partial charge >= 0.3 is 0 Å². The van der Waals surface area contributed by atoms with Crippen molar-refractivity contribution in [2.45, 2.75) is 6.92 Å². The Labute approximate surface area is 127 Å². The van der Waals surface area contributed by atoms with Gasteiger partial charge in [-0.05, 0) is 47.1 Å². The van der Waals surface area contributed by atoms with E-state index in [1.54, 1.807) is 0 Å². The first kappa shape index (κ1) is 14.0. The third-order valence-corrected chi connectivity index (χ3v) is 3.78. The standard InChI is InChI=1S/C15H15BrN2S/c1-2-18(11-7-4-3-5-8-11)13-10-6-9-12(16)14(13)15(17)19/h3-10H,2H2,1H3,(H2,17,19). The van der Waals surface area contributed by atoms with Gasteiger partial charge in [0.25, 0.3) is 0 Å². The minimum atomic E-state index is 0.400. The number of nitrogens with zero attached hydrogens (tertiary/aromatic N) is 1. The van der Waals surface area contributed by atoms with Gasteiger partial charge in [-0.1, -0.05) is 36.5 Å². The molecule has 0 aliphatic rings. The number of para-hydroxylation sites is 1. The van der Waals surface area contributed by atoms with Gasteiger partial charge in [0.1, 0.15) is 4.99 Å². The second kappa shape index (κ2) is 6.17. The summed E-state index contributed by atoms with van der Waals surface area (Å²) in [6.07, 6.45) is 0. The molecule has 0 amide bonds. The molecule has 4 heteroatoms. The summed E-state index contributed by atoms with van der Waals surface area (Å²) in [5.74, 6) is 0. The number of hydrogen-bond acceptors (Lipinski definition) is 2. The van der Waals surface area contributed by atoms with E-state index >= 15 is 0 Å². The predicted octanol–water partition coefficient (Wildman–Crippen LogP) is 4.24. The average molecular weight is 335 g/mol. The molecule has 19 heavy (non-hydrogen) atoms. The molecule has 0 saturated carbocycles. The molecule has 2 nitrogen and oxygen atoms in total. The predicted molar refractivity (Wildman–Crippen MR) is 89.2 cm³/mol. The molecule has 0 fully saturated rings. The van der Waals surface area contributed by atoms with Crippen LogP contribution < -0.4 is 10.6 Å². The molecular formula is C15H15BrN2S. The second-order valence-corrected chi connectivity index (χ2v) is 5.37. The molecule has 0 saturated heterocycles. The maximum absolute atomic E-state index is 5.86. The molecule has 0 aliphatic carbocycles. The Morgan fingerprint density at radius 3 is 2.42 bits per heavy atom. The van der Waals surface area contributed by atoms with Crippen LogP contribution in [0, 0.1) is 0 Å². The lowest BCUT2D eigenvalue weighted by atomic mass is 10.1. The van der Waals surface area contributed by atoms with Crippen molar-refractivity contribution in [3.63, 3.8) is 0 Å². The van der Waals surface area contributed by atoms with E-state index in [2.05, 4.69) is 39.9 Å². The number of anilines is 2. The Balaban J connectivity index is 2.56. The normalized spacial score (nSPS) is 10.2. The van der Waals surface area contributed by atoms with Gasteiger partial charge in [0, 0.05) is 22.3 Å². The van der Waals surface area contributed by atoms with Gasteiger partial charge in [0.05, 0.1) is 5.69 Å². The molecule has 2 aromatic carbocycles. The molecule has 0 unspecified atom stereocenters. The molecule has 0 heterocycles. The van der Waals surface area contributed by atoms with Gasteiger partial charge in [0.15, 0.2) is 0 Å². The summed E-state index contributed by atoms with van der Waals surface area (Å²) in [7, 11) is 0. The van der Waals surface area contributed by atoms with E-state index in [9.17, 15) is 0 Å². The van der Waals surface area contributed by atoms with Gasteiger partial charge in [-0.25, -0.2) is 0 Å². The first-order valence-corrected chi connectivity index (χ1v) is 7.26. The molecule has 0 radical (unpaired) electrons. The van der Waals surface area contributed by atoms with Crippen molar-refractivity contribution >= 4 is 44.5 Å². The fourth-order valence-corrected chi connectivity index (χ4v) is 3.00. The number of benzene rings is 2. The van der Waals surface area contributed by atoms with Crippen molar-refractivity contribution in [3.8, 4) is 0 Å². The molecular weight excluding hydrogens is 320 g/mol. The lowest BCUT2D eigenvalue weighted by Crippen LogP contribution is -2.21. The average Bonchev–Trinajstić information content (AvgIpc) is 2.40. The molecule has 2 rings (SSSR count). The molecule has 0 spiro atoms. The van der Waals surface area contributed by atoms with Crippen LogP contribution in [-0.4, -0.2) is 11.5 Å². The maximum atomic E-state index is 5.86. The van der Waals surface area contributed by atoms with Crippen molar-refractivity contribution in [1.29, 1.82) is 0 Å². The van der Waals surface area contributed by atoms with Crippen molar-refractivity contribution in [2.75, 3.05) is 11.4 Å². The summed E-state index contributed by atoms with van der Waals surface area (Å²) < 4.78 is 0.923. The summed E-state index contributed by atoms with van der Waals surface area (Å²) in [5.41, 5.74) is 8.89. The molecule has 0 bridgehead atoms. The first-order valence-electron chi connectivity index (χ1n) is 6.06. The van der Waals surface area contributed by atoms with Crippen LogP contribution >= 0.6 is 28.1 Å². The lowest BCUT2D eigenvalue weighted by molar-refractivity contribution is 1.02. The summed E-state index contributed by atoms with van der Waals surface area (Å²) in [6, 6.07) is 16.2. The quantitative estimate of drug-likeness (QED) is 0.848. The van der Waals surface area contributed by atoms with Crippen LogP contribution in [0.4, 0.5) is 11.4 Å². The number of thiocarbonyl (C=S) groups is 1. The van der Waals surface area contributed by atoms with Crippen LogP contribution in [0.5, 0.6) is 0 Å². The Kier molecular flexibility index (Phi) is 4.56. The third-order valence-electron chi connectivity index (χ3n) is 2.91. The van der Waals surface area contributed by atoms with Crippen LogP contribution in [0.25, 0.3) is 0 Å². The smallest absolute Gasteiger partial charge is 0.107 e. The molecule has 0 aliphatic heterocycles. The van der Waals surface area contributed by atoms with Crippen LogP contribution in [0.1, 0.15) is 12.5 Å². The van der Waals surface area contributed by atoms with Gasteiger partial charge in [-0.3, -0.25) is 0 Å². The van der Waals surface area contributed by atoms with E-state index in [1.807, 2.05) is 36.4 Å². The number of nitrogens with two attached hydrogens (primary N) is 1. The summed E-state index contributed by atoms with van der Waals surface area (Å²) in [4.78, 5) is 2.59. The zero-order chi connectivity index (χ0) is 13.8. The zero-order valence-electron chi connectivity index (χ0n) is 10.6. The van der Waals surface area contributed by atoms with Crippen molar-refractivity contribution < 1.29 is 0 Å². The second-order valence-electron chi connectivity index (χ2n) is 4.08. The Hall–Kier alpha value is -1.39. The van der Waals surface area contributed by atoms with Crippen LogP contribution in [0.3, 0.4) is 0 Å². The highest BCUT2D eigenvalue weighted by atomic mass is 79.9. The largest absolute Gasteiger partial charge is 0.389 e. The minimum Gasteiger partial charge on any atom is -0.389 e. The van der Waals surface area contributed by atoms with E-state index in [1.165, 1.54) is 0 Å². The highest BCUT2D eigenvalue weighted by molar-refractivity contribution is 9.10. The summed E-state index contributed by atoms with van der Waals surface area (Å²) in [6.45, 7) is 2.95. The van der Waals surface area contributed by atoms with E-state index in [0.29, 0.717) is 4.99 Å². The van der Waals surface area contributed by atoms with Gasteiger partial charge in [-0.2, -0.15) is 0 Å². The topological polar surface area (TPSA) is 29.3 Å². The Morgan fingerprint density at radius 2 is 1.84 bits per heavy atom. The van der Waals surface area contributed by atoms with Gasteiger partial charge < -0.3 is 10.6 Å². The summed E-state index contributed by atoms with van der Waals surface area (Å²) in [5, 5.41) is 0. The molecule has 0 atom stereocenters. The fraction of sp³-hybridized carbons (Fsp3) is 0.133. The van der Waals surface area contributed by atoms with Crippen molar-refractivity contribution in [1.82, 2.24) is 0 Å². The van der Waals surface area contributed by atoms with Crippen LogP contribution in [0.15, 0.2) is 53.0 Å². The van der Waals surface area contributed by atoms with E-state index < -0.39 is 0 Å². The van der Waals surface area contributed by atoms with Crippen LogP contribution in [-0.2, 0) is 0 Å². The van der Waals surface area contributed by atoms with E-state index in [-0.39, 0.29) is 0 Å². The minimum absolute atomic E-state index is 0.400. The zero-order valence-corrected chi connectivity index (χ0v) is 13.0. The molecule has 0 aromatic heterocycles. The first-order chi connectivity index (χ1) is 9.15. The monoisotopic (exact) mass is 334 g/mol. The third kappa shape index (κ3) is 2.96. The fourth-order valence-electron chi connectivity index (χ4n) is 2.08. The van der Waals surface area contributed by atoms with Gasteiger partial charge in [-0.15, -0.1) is 0 Å². The van der Waals surface area contributed by atoms with Gasteiger partial charge in [0.2, 0.25) is 0 Å². The van der Waals surface area contributed by atoms with E-state index in [0.717, 1.165) is 28.0 Å². The van der Waals surface area contributed by atoms with E-state index in [4.69, 9.17) is 18.0 Å². The number of rotatable bonds is 4. The SMILES string of the molecule is CCN(c1ccccc1)c1cccc(Br)c1C(N)=S. The maximum Gasteiger partial charge on any atom is 0.107 e. The highest BCUT2D eigenvalue weighted by Gasteiger charge is 2.15. The molecule has 2 N–H and O–H groups in total. The number of halogens is 1.